The molecule has 0 unspecified atom stereocenters. The minimum Gasteiger partial charge on any atom is -0.490 e. The van der Waals surface area contributed by atoms with Crippen molar-refractivity contribution in [1.82, 2.24) is 10.1 Å². The van der Waals surface area contributed by atoms with E-state index in [4.69, 9.17) is 15.0 Å². The lowest BCUT2D eigenvalue weighted by Gasteiger charge is -2.12. The Balaban J connectivity index is 1.98. The first-order valence-corrected chi connectivity index (χ1v) is 6.85. The number of nitrogen functional groups attached to an aromatic ring is 1. The Morgan fingerprint density at radius 1 is 1.43 bits per heavy atom. The Labute approximate surface area is 122 Å². The van der Waals surface area contributed by atoms with Crippen molar-refractivity contribution in [3.05, 3.63) is 29.7 Å². The van der Waals surface area contributed by atoms with Crippen molar-refractivity contribution in [2.75, 3.05) is 24.2 Å². The lowest BCUT2D eigenvalue weighted by molar-refractivity contribution is 0.301. The van der Waals surface area contributed by atoms with Crippen molar-refractivity contribution in [3.63, 3.8) is 0 Å². The van der Waals surface area contributed by atoms with E-state index in [0.717, 1.165) is 6.42 Å². The van der Waals surface area contributed by atoms with Crippen LogP contribution < -0.4 is 15.8 Å². The summed E-state index contributed by atoms with van der Waals surface area (Å²) in [4.78, 5) is 4.10. The maximum atomic E-state index is 13.7. The summed E-state index contributed by atoms with van der Waals surface area (Å²) in [5.74, 6) is 0.880. The summed E-state index contributed by atoms with van der Waals surface area (Å²) in [5.41, 5.74) is 6.75. The summed E-state index contributed by atoms with van der Waals surface area (Å²) < 4.78 is 24.0. The first kappa shape index (κ1) is 15.1. The number of nitrogens with two attached hydrogens (primary N) is 1. The lowest BCUT2D eigenvalue weighted by atomic mass is 10.2. The third-order valence-corrected chi connectivity index (χ3v) is 2.79. The molecule has 0 bridgehead atoms. The van der Waals surface area contributed by atoms with Crippen LogP contribution in [0.1, 0.15) is 25.1 Å². The zero-order valence-corrected chi connectivity index (χ0v) is 12.1. The Hall–Kier alpha value is -2.31. The van der Waals surface area contributed by atoms with Gasteiger partial charge in [-0.3, -0.25) is 0 Å². The van der Waals surface area contributed by atoms with Crippen LogP contribution in [0, 0.1) is 12.7 Å². The smallest absolute Gasteiger partial charge is 0.228 e. The predicted molar refractivity (Wildman–Crippen MR) is 77.8 cm³/mol. The molecular weight excluding hydrogens is 275 g/mol. The second-order valence-electron chi connectivity index (χ2n) is 4.63. The fourth-order valence-corrected chi connectivity index (χ4v) is 1.79. The topological polar surface area (TPSA) is 86.2 Å². The monoisotopic (exact) mass is 294 g/mol. The summed E-state index contributed by atoms with van der Waals surface area (Å²) in [6.45, 7) is 4.72. The molecule has 21 heavy (non-hydrogen) atoms. The van der Waals surface area contributed by atoms with Crippen molar-refractivity contribution in [1.29, 1.82) is 0 Å². The second kappa shape index (κ2) is 6.92. The fraction of sp³-hybridized carbons (Fsp3) is 0.429. The molecule has 1 aromatic heterocycles. The average Bonchev–Trinajstić information content (AvgIpc) is 2.85. The lowest BCUT2D eigenvalue weighted by Crippen LogP contribution is -2.08. The highest BCUT2D eigenvalue weighted by atomic mass is 19.1. The second-order valence-corrected chi connectivity index (χ2v) is 4.63. The number of ether oxygens (including phenoxy) is 1. The summed E-state index contributed by atoms with van der Waals surface area (Å²) in [6.07, 6.45) is 1.37. The molecule has 6 nitrogen and oxygen atoms in total. The first-order chi connectivity index (χ1) is 10.1. The molecule has 1 aromatic carbocycles. The van der Waals surface area contributed by atoms with Crippen LogP contribution >= 0.6 is 0 Å². The molecule has 2 rings (SSSR count). The number of aryl methyl sites for hydroxylation is 1. The Morgan fingerprint density at radius 2 is 2.24 bits per heavy atom. The number of rotatable bonds is 7. The van der Waals surface area contributed by atoms with Gasteiger partial charge in [-0.25, -0.2) is 4.39 Å². The summed E-state index contributed by atoms with van der Waals surface area (Å²) in [5, 5.41) is 6.83. The standard InChI is InChI=1S/C14H19FN4O2/c1-3-6-20-13-8-12(11(16)7-10(13)15)17-5-4-14-18-9(2)19-21-14/h7-8,17H,3-6,16H2,1-2H3. The van der Waals surface area contributed by atoms with Gasteiger partial charge in [0.05, 0.1) is 18.0 Å². The largest absolute Gasteiger partial charge is 0.490 e. The number of benzene rings is 1. The van der Waals surface area contributed by atoms with Gasteiger partial charge in [0, 0.05) is 25.1 Å². The molecule has 0 radical (unpaired) electrons. The third-order valence-electron chi connectivity index (χ3n) is 2.79. The number of halogens is 1. The Kier molecular flexibility index (Phi) is 4.97. The molecule has 2 aromatic rings. The number of hydrogen-bond donors (Lipinski definition) is 2. The van der Waals surface area contributed by atoms with E-state index in [0.29, 0.717) is 42.7 Å². The van der Waals surface area contributed by atoms with Crippen LogP contribution in [-0.2, 0) is 6.42 Å². The molecule has 0 saturated heterocycles. The van der Waals surface area contributed by atoms with Crippen LogP contribution in [0.2, 0.25) is 0 Å². The molecule has 1 heterocycles. The van der Waals surface area contributed by atoms with Gasteiger partial charge in [0.1, 0.15) is 0 Å². The van der Waals surface area contributed by atoms with Gasteiger partial charge >= 0.3 is 0 Å². The zero-order valence-electron chi connectivity index (χ0n) is 12.1. The molecular formula is C14H19FN4O2. The predicted octanol–water partition coefficient (Wildman–Crippen LogP) is 2.54. The van der Waals surface area contributed by atoms with Crippen LogP contribution in [-0.4, -0.2) is 23.3 Å². The van der Waals surface area contributed by atoms with Crippen LogP contribution in [0.3, 0.4) is 0 Å². The molecule has 0 amide bonds. The van der Waals surface area contributed by atoms with E-state index in [1.807, 2.05) is 6.92 Å². The van der Waals surface area contributed by atoms with Crippen molar-refractivity contribution in [3.8, 4) is 5.75 Å². The normalized spacial score (nSPS) is 10.6. The van der Waals surface area contributed by atoms with Crippen LogP contribution in [0.5, 0.6) is 5.75 Å². The quantitative estimate of drug-likeness (QED) is 0.763. The van der Waals surface area contributed by atoms with Gasteiger partial charge in [0.2, 0.25) is 5.89 Å². The van der Waals surface area contributed by atoms with E-state index < -0.39 is 5.82 Å². The van der Waals surface area contributed by atoms with Crippen LogP contribution in [0.25, 0.3) is 0 Å². The van der Waals surface area contributed by atoms with Crippen LogP contribution in [0.4, 0.5) is 15.8 Å². The third kappa shape index (κ3) is 4.08. The SMILES string of the molecule is CCCOc1cc(NCCc2nc(C)no2)c(N)cc1F. The molecule has 0 fully saturated rings. The molecule has 0 aliphatic rings. The molecule has 3 N–H and O–H groups in total. The minimum atomic E-state index is -0.459. The zero-order chi connectivity index (χ0) is 15.2. The molecule has 0 atom stereocenters. The number of nitrogens with zero attached hydrogens (tertiary/aromatic N) is 2. The Bertz CT molecular complexity index is 601. The average molecular weight is 294 g/mol. The van der Waals surface area contributed by atoms with E-state index in [1.165, 1.54) is 6.07 Å². The van der Waals surface area contributed by atoms with Crippen molar-refractivity contribution >= 4 is 11.4 Å². The molecule has 0 aliphatic heterocycles. The van der Waals surface area contributed by atoms with Gasteiger partial charge in [0.25, 0.3) is 0 Å². The number of anilines is 2. The fourth-order valence-electron chi connectivity index (χ4n) is 1.79. The van der Waals surface area contributed by atoms with Gasteiger partial charge < -0.3 is 20.3 Å². The van der Waals surface area contributed by atoms with Gasteiger partial charge in [-0.1, -0.05) is 12.1 Å². The van der Waals surface area contributed by atoms with Gasteiger partial charge in [-0.15, -0.1) is 0 Å². The van der Waals surface area contributed by atoms with Crippen molar-refractivity contribution < 1.29 is 13.7 Å². The van der Waals surface area contributed by atoms with Crippen molar-refractivity contribution in [2.24, 2.45) is 0 Å². The van der Waals surface area contributed by atoms with Gasteiger partial charge in [-0.2, -0.15) is 4.98 Å². The molecule has 0 aliphatic carbocycles. The first-order valence-electron chi connectivity index (χ1n) is 6.85. The molecule has 7 heteroatoms. The summed E-state index contributed by atoms with van der Waals surface area (Å²) in [6, 6.07) is 2.82. The summed E-state index contributed by atoms with van der Waals surface area (Å²) in [7, 11) is 0. The molecule has 0 saturated carbocycles. The summed E-state index contributed by atoms with van der Waals surface area (Å²) >= 11 is 0. The highest BCUT2D eigenvalue weighted by molar-refractivity contribution is 5.68. The van der Waals surface area contributed by atoms with E-state index in [9.17, 15) is 4.39 Å². The van der Waals surface area contributed by atoms with Crippen molar-refractivity contribution in [2.45, 2.75) is 26.7 Å². The highest BCUT2D eigenvalue weighted by Gasteiger charge is 2.09. The van der Waals surface area contributed by atoms with E-state index in [-0.39, 0.29) is 5.75 Å². The molecule has 0 spiro atoms. The maximum absolute atomic E-state index is 13.7. The molecule has 114 valence electrons. The van der Waals surface area contributed by atoms with E-state index >= 15 is 0 Å². The number of aromatic nitrogens is 2. The van der Waals surface area contributed by atoms with Crippen LogP contribution in [0.15, 0.2) is 16.7 Å². The van der Waals surface area contributed by atoms with E-state index in [1.54, 1.807) is 13.0 Å². The highest BCUT2D eigenvalue weighted by Crippen LogP contribution is 2.28. The van der Waals surface area contributed by atoms with Gasteiger partial charge in [-0.05, 0) is 13.3 Å². The minimum absolute atomic E-state index is 0.196. The number of nitrogens with one attached hydrogen (secondary N) is 1. The van der Waals surface area contributed by atoms with Gasteiger partial charge in [0.15, 0.2) is 17.4 Å². The maximum Gasteiger partial charge on any atom is 0.228 e. The Morgan fingerprint density at radius 3 is 2.90 bits per heavy atom. The van der Waals surface area contributed by atoms with E-state index in [2.05, 4.69) is 15.5 Å². The number of hydrogen-bond acceptors (Lipinski definition) is 6.